The van der Waals surface area contributed by atoms with Crippen LogP contribution >= 0.6 is 0 Å². The third-order valence-electron chi connectivity index (χ3n) is 2.33. The van der Waals surface area contributed by atoms with E-state index >= 15 is 0 Å². The smallest absolute Gasteiger partial charge is 0.280 e. The van der Waals surface area contributed by atoms with E-state index in [1.807, 2.05) is 20.8 Å². The topological polar surface area (TPSA) is 51.8 Å². The maximum Gasteiger partial charge on any atom is 0.280 e. The van der Waals surface area contributed by atoms with Gasteiger partial charge in [0.2, 0.25) is 0 Å². The SMILES string of the molecule is Cc1cc(C(F)F)nc(C(N)C(C)(C)C)n1. The van der Waals surface area contributed by atoms with Crippen LogP contribution in [0, 0.1) is 12.3 Å². The van der Waals surface area contributed by atoms with Crippen LogP contribution in [0.4, 0.5) is 8.78 Å². The molecule has 1 rings (SSSR count). The molecule has 0 amide bonds. The maximum absolute atomic E-state index is 12.6. The Balaban J connectivity index is 3.15. The Hall–Kier alpha value is -1.10. The van der Waals surface area contributed by atoms with Crippen molar-refractivity contribution >= 4 is 0 Å². The molecule has 0 bridgehead atoms. The molecular weight excluding hydrogens is 212 g/mol. The van der Waals surface area contributed by atoms with E-state index in [4.69, 9.17) is 5.73 Å². The van der Waals surface area contributed by atoms with Crippen molar-refractivity contribution in [3.05, 3.63) is 23.3 Å². The second kappa shape index (κ2) is 4.41. The van der Waals surface area contributed by atoms with Gasteiger partial charge in [-0.2, -0.15) is 0 Å². The predicted octanol–water partition coefficient (Wildman–Crippen LogP) is 2.77. The molecule has 0 aliphatic rings. The van der Waals surface area contributed by atoms with Crippen molar-refractivity contribution < 1.29 is 8.78 Å². The summed E-state index contributed by atoms with van der Waals surface area (Å²) in [5.41, 5.74) is 5.94. The Bertz CT molecular complexity index is 372. The molecule has 0 fully saturated rings. The highest BCUT2D eigenvalue weighted by Crippen LogP contribution is 2.29. The average molecular weight is 229 g/mol. The van der Waals surface area contributed by atoms with Gasteiger partial charge in [0, 0.05) is 5.69 Å². The van der Waals surface area contributed by atoms with Crippen LogP contribution in [0.25, 0.3) is 0 Å². The van der Waals surface area contributed by atoms with Gasteiger partial charge in [0.05, 0.1) is 6.04 Å². The van der Waals surface area contributed by atoms with Gasteiger partial charge < -0.3 is 5.73 Å². The van der Waals surface area contributed by atoms with Crippen LogP contribution in [0.15, 0.2) is 6.07 Å². The minimum absolute atomic E-state index is 0.257. The van der Waals surface area contributed by atoms with Crippen LogP contribution in [0.3, 0.4) is 0 Å². The number of alkyl halides is 2. The van der Waals surface area contributed by atoms with Gasteiger partial charge in [0.25, 0.3) is 6.43 Å². The number of hydrogen-bond acceptors (Lipinski definition) is 3. The van der Waals surface area contributed by atoms with Crippen molar-refractivity contribution in [2.45, 2.75) is 40.2 Å². The van der Waals surface area contributed by atoms with Crippen LogP contribution < -0.4 is 5.73 Å². The standard InChI is InChI=1S/C11H17F2N3/c1-6-5-7(9(12)13)16-10(15-6)8(14)11(2,3)4/h5,8-9H,14H2,1-4H3. The molecule has 0 radical (unpaired) electrons. The van der Waals surface area contributed by atoms with E-state index < -0.39 is 12.5 Å². The molecule has 1 heterocycles. The number of halogens is 2. The van der Waals surface area contributed by atoms with Crippen LogP contribution in [0.2, 0.25) is 0 Å². The number of rotatable bonds is 2. The summed E-state index contributed by atoms with van der Waals surface area (Å²) in [7, 11) is 0. The molecule has 90 valence electrons. The number of nitrogens with two attached hydrogens (primary N) is 1. The van der Waals surface area contributed by atoms with E-state index in [9.17, 15) is 8.78 Å². The Morgan fingerprint density at radius 3 is 2.25 bits per heavy atom. The van der Waals surface area contributed by atoms with Crippen molar-refractivity contribution in [1.29, 1.82) is 0 Å². The van der Waals surface area contributed by atoms with Crippen LogP contribution in [0.1, 0.15) is 50.5 Å². The van der Waals surface area contributed by atoms with E-state index in [0.29, 0.717) is 5.69 Å². The van der Waals surface area contributed by atoms with E-state index in [2.05, 4.69) is 9.97 Å². The molecule has 2 N–H and O–H groups in total. The van der Waals surface area contributed by atoms with E-state index in [1.54, 1.807) is 6.92 Å². The average Bonchev–Trinajstić information content (AvgIpc) is 2.14. The van der Waals surface area contributed by atoms with Crippen LogP contribution in [-0.2, 0) is 0 Å². The molecule has 3 nitrogen and oxygen atoms in total. The lowest BCUT2D eigenvalue weighted by Crippen LogP contribution is -2.28. The molecule has 5 heteroatoms. The van der Waals surface area contributed by atoms with Gasteiger partial charge in [-0.25, -0.2) is 18.7 Å². The summed E-state index contributed by atoms with van der Waals surface area (Å²) >= 11 is 0. The van der Waals surface area contributed by atoms with Gasteiger partial charge in [-0.3, -0.25) is 0 Å². The minimum atomic E-state index is -2.59. The fourth-order valence-corrected chi connectivity index (χ4v) is 1.25. The number of nitrogens with zero attached hydrogens (tertiary/aromatic N) is 2. The minimum Gasteiger partial charge on any atom is -0.321 e. The summed E-state index contributed by atoms with van der Waals surface area (Å²) in [6, 6.07) is 0.827. The number of aromatic nitrogens is 2. The lowest BCUT2D eigenvalue weighted by atomic mass is 9.87. The van der Waals surface area contributed by atoms with Gasteiger partial charge in [0.1, 0.15) is 11.5 Å². The molecule has 1 aromatic rings. The van der Waals surface area contributed by atoms with Crippen molar-refractivity contribution in [3.63, 3.8) is 0 Å². The van der Waals surface area contributed by atoms with Gasteiger partial charge in [-0.1, -0.05) is 20.8 Å². The number of aryl methyl sites for hydroxylation is 1. The highest BCUT2D eigenvalue weighted by atomic mass is 19.3. The first kappa shape index (κ1) is 13.0. The molecule has 0 saturated carbocycles. The Kier molecular flexibility index (Phi) is 3.57. The van der Waals surface area contributed by atoms with Crippen LogP contribution in [0.5, 0.6) is 0 Å². The largest absolute Gasteiger partial charge is 0.321 e. The molecule has 1 atom stereocenters. The first-order chi connectivity index (χ1) is 7.21. The van der Waals surface area contributed by atoms with Crippen molar-refractivity contribution in [2.24, 2.45) is 11.1 Å². The van der Waals surface area contributed by atoms with E-state index in [0.717, 1.165) is 0 Å². The van der Waals surface area contributed by atoms with Gasteiger partial charge >= 0.3 is 0 Å². The molecule has 0 aromatic carbocycles. The third-order valence-corrected chi connectivity index (χ3v) is 2.33. The molecule has 1 aromatic heterocycles. The highest BCUT2D eigenvalue weighted by molar-refractivity contribution is 5.13. The van der Waals surface area contributed by atoms with E-state index in [1.165, 1.54) is 6.07 Å². The molecule has 0 aliphatic carbocycles. The summed E-state index contributed by atoms with van der Waals surface area (Å²) < 4.78 is 25.1. The Morgan fingerprint density at radius 2 is 1.81 bits per heavy atom. The summed E-state index contributed by atoms with van der Waals surface area (Å²) in [5.74, 6) is 0.280. The van der Waals surface area contributed by atoms with Gasteiger partial charge in [-0.15, -0.1) is 0 Å². The molecule has 0 spiro atoms. The molecular formula is C11H17F2N3. The monoisotopic (exact) mass is 229 g/mol. The first-order valence-corrected chi connectivity index (χ1v) is 5.11. The van der Waals surface area contributed by atoms with E-state index in [-0.39, 0.29) is 16.9 Å². The van der Waals surface area contributed by atoms with Gasteiger partial charge in [0.15, 0.2) is 0 Å². The second-order valence-corrected chi connectivity index (χ2v) is 4.94. The maximum atomic E-state index is 12.6. The number of hydrogen-bond donors (Lipinski definition) is 1. The van der Waals surface area contributed by atoms with Crippen LogP contribution in [-0.4, -0.2) is 9.97 Å². The lowest BCUT2D eigenvalue weighted by molar-refractivity contribution is 0.144. The summed E-state index contributed by atoms with van der Waals surface area (Å²) in [4.78, 5) is 7.93. The zero-order valence-electron chi connectivity index (χ0n) is 9.96. The second-order valence-electron chi connectivity index (χ2n) is 4.94. The molecule has 16 heavy (non-hydrogen) atoms. The van der Waals surface area contributed by atoms with Crippen molar-refractivity contribution in [2.75, 3.05) is 0 Å². The first-order valence-electron chi connectivity index (χ1n) is 5.11. The summed E-state index contributed by atoms with van der Waals surface area (Å²) in [5, 5.41) is 0. The lowest BCUT2D eigenvalue weighted by Gasteiger charge is -2.26. The quantitative estimate of drug-likeness (QED) is 0.848. The summed E-state index contributed by atoms with van der Waals surface area (Å²) in [6.45, 7) is 7.43. The fourth-order valence-electron chi connectivity index (χ4n) is 1.25. The Morgan fingerprint density at radius 1 is 1.25 bits per heavy atom. The predicted molar refractivity (Wildman–Crippen MR) is 58.1 cm³/mol. The highest BCUT2D eigenvalue weighted by Gasteiger charge is 2.26. The molecule has 1 unspecified atom stereocenters. The molecule has 0 saturated heterocycles. The normalized spacial score (nSPS) is 14.2. The fraction of sp³-hybridized carbons (Fsp3) is 0.636. The zero-order valence-corrected chi connectivity index (χ0v) is 9.96. The van der Waals surface area contributed by atoms with Gasteiger partial charge in [-0.05, 0) is 18.4 Å². The zero-order chi connectivity index (χ0) is 12.5. The molecule has 0 aliphatic heterocycles. The third kappa shape index (κ3) is 2.95. The van der Waals surface area contributed by atoms with Crippen molar-refractivity contribution in [1.82, 2.24) is 9.97 Å². The summed E-state index contributed by atoms with van der Waals surface area (Å²) in [6.07, 6.45) is -2.59. The van der Waals surface area contributed by atoms with Crippen molar-refractivity contribution in [3.8, 4) is 0 Å². The Labute approximate surface area is 94.1 Å².